The molecule has 0 bridgehead atoms. The number of Topliss-reactive ketones (excluding diaryl/α,β-unsaturated/α-hetero) is 5. The summed E-state index contributed by atoms with van der Waals surface area (Å²) in [6.45, 7) is 6.02. The predicted molar refractivity (Wildman–Crippen MR) is 102 cm³/mol. The van der Waals surface area contributed by atoms with Crippen LogP contribution >= 0.6 is 0 Å². The summed E-state index contributed by atoms with van der Waals surface area (Å²) in [6, 6.07) is 0. The number of carboxylic acid groups (broad SMARTS) is 5. The maximum absolute atomic E-state index is 9.83. The van der Waals surface area contributed by atoms with Gasteiger partial charge in [0, 0.05) is 62.0 Å². The third-order valence-electron chi connectivity index (χ3n) is 1.97. The second-order valence-electron chi connectivity index (χ2n) is 6.25. The van der Waals surface area contributed by atoms with E-state index in [1.165, 1.54) is 34.6 Å². The van der Waals surface area contributed by atoms with Crippen molar-refractivity contribution < 1.29 is 95.9 Å². The summed E-state index contributed by atoms with van der Waals surface area (Å²) in [7, 11) is 0. The number of carbonyl (C=O) groups is 10. The van der Waals surface area contributed by atoms with Crippen LogP contribution in [0.1, 0.15) is 66.7 Å². The number of carbonyl (C=O) groups excluding carboxylic acids is 10. The summed E-state index contributed by atoms with van der Waals surface area (Å²) in [6.07, 6.45) is -2.36. The Balaban J connectivity index is -0.0000000776. The number of hydrogen-bond donors (Lipinski definition) is 0. The Morgan fingerprint density at radius 3 is 0.417 bits per heavy atom. The molecule has 0 N–H and O–H groups in total. The van der Waals surface area contributed by atoms with Gasteiger partial charge in [-0.1, -0.05) is 0 Å². The topological polar surface area (TPSA) is 286 Å². The van der Waals surface area contributed by atoms with E-state index in [-0.39, 0.29) is 51.3 Å². The van der Waals surface area contributed by atoms with Crippen LogP contribution in [0.4, 0.5) is 0 Å². The van der Waals surface area contributed by atoms with E-state index >= 15 is 0 Å². The normalized spacial score (nSPS) is 7.92. The van der Waals surface area contributed by atoms with Crippen molar-refractivity contribution in [2.75, 3.05) is 0 Å². The molecule has 0 spiro atoms. The fourth-order valence-corrected chi connectivity index (χ4v) is 1.02. The molecule has 0 radical (unpaired) electrons. The van der Waals surface area contributed by atoms with Crippen molar-refractivity contribution in [2.45, 2.75) is 66.7 Å². The molecule has 0 heterocycles. The first kappa shape index (κ1) is 45.9. The number of rotatable bonds is 10. The molecule has 0 atom stereocenters. The number of carboxylic acids is 5. The SMILES string of the molecule is CC(=O)CC(=O)[O-].CC(=O)CC(=O)[O-].CC(=O)CC(=O)[O-].CC(=O)CC(=O)[O-].CC(=O)CC(=O)[O-].[Ta+5]. The monoisotopic (exact) mass is 686 g/mol. The van der Waals surface area contributed by atoms with Gasteiger partial charge in [-0.2, -0.15) is 0 Å². The Kier molecular flexibility index (Phi) is 37.6. The van der Waals surface area contributed by atoms with Crippen molar-refractivity contribution in [1.29, 1.82) is 0 Å². The number of hydrogen-bond acceptors (Lipinski definition) is 15. The second kappa shape index (κ2) is 29.5. The third-order valence-corrected chi connectivity index (χ3v) is 1.97. The molecule has 0 fully saturated rings. The van der Waals surface area contributed by atoms with Gasteiger partial charge in [0.15, 0.2) is 0 Å². The molecule has 0 amide bonds. The zero-order valence-corrected chi connectivity index (χ0v) is 23.3. The van der Waals surface area contributed by atoms with Crippen molar-refractivity contribution >= 4 is 58.8 Å². The molecule has 0 unspecified atom stereocenters. The standard InChI is InChI=1S/5C4H6O3.Ta/c5*1-3(5)2-4(6)7;/h5*2H2,1H3,(H,6,7);/q;;;;;+5/p-5. The van der Waals surface area contributed by atoms with Gasteiger partial charge < -0.3 is 49.5 Å². The van der Waals surface area contributed by atoms with E-state index in [1.807, 2.05) is 0 Å². The van der Waals surface area contributed by atoms with Gasteiger partial charge in [0.1, 0.15) is 28.9 Å². The summed E-state index contributed by atoms with van der Waals surface area (Å²) in [5.41, 5.74) is 0. The van der Waals surface area contributed by atoms with Gasteiger partial charge in [-0.25, -0.2) is 0 Å². The molecule has 0 aliphatic heterocycles. The van der Waals surface area contributed by atoms with Crippen molar-refractivity contribution in [3.05, 3.63) is 0 Å². The maximum atomic E-state index is 9.83. The summed E-state index contributed by atoms with van der Waals surface area (Å²) < 4.78 is 0. The molecule has 0 saturated carbocycles. The molecule has 0 aliphatic rings. The molecule has 0 rings (SSSR count). The minimum absolute atomic E-state index is 0. The Bertz CT molecular complexity index is 573. The van der Waals surface area contributed by atoms with E-state index in [0.717, 1.165) is 0 Å². The van der Waals surface area contributed by atoms with Crippen molar-refractivity contribution in [2.24, 2.45) is 0 Å². The molecular weight excluding hydrogens is 661 g/mol. The largest absolute Gasteiger partial charge is 5.00 e. The summed E-state index contributed by atoms with van der Waals surface area (Å²) in [4.78, 5) is 96.6. The predicted octanol–water partition coefficient (Wildman–Crippen LogP) is -6.43. The minimum Gasteiger partial charge on any atom is -0.550 e. The van der Waals surface area contributed by atoms with E-state index in [0.29, 0.717) is 0 Å². The van der Waals surface area contributed by atoms with Crippen molar-refractivity contribution in [1.82, 2.24) is 0 Å². The van der Waals surface area contributed by atoms with Gasteiger partial charge in [-0.05, 0) is 34.6 Å². The van der Waals surface area contributed by atoms with Crippen molar-refractivity contribution in [3.63, 3.8) is 0 Å². The molecule has 0 aromatic heterocycles. The third kappa shape index (κ3) is 97.6. The van der Waals surface area contributed by atoms with E-state index in [9.17, 15) is 73.5 Å². The molecule has 0 aliphatic carbocycles. The van der Waals surface area contributed by atoms with E-state index in [4.69, 9.17) is 0 Å². The van der Waals surface area contributed by atoms with Crippen LogP contribution in [0.3, 0.4) is 0 Å². The molecule has 0 aromatic carbocycles. The zero-order chi connectivity index (χ0) is 29.3. The quantitative estimate of drug-likeness (QED) is 0.193. The maximum Gasteiger partial charge on any atom is 5.00 e. The molecule has 200 valence electrons. The van der Waals surface area contributed by atoms with Crippen LogP contribution in [0.25, 0.3) is 0 Å². The Morgan fingerprint density at radius 2 is 0.417 bits per heavy atom. The van der Waals surface area contributed by atoms with Crippen molar-refractivity contribution in [3.8, 4) is 0 Å². The number of ketones is 5. The van der Waals surface area contributed by atoms with Gasteiger partial charge >= 0.3 is 22.4 Å². The van der Waals surface area contributed by atoms with Crippen LogP contribution in [-0.2, 0) is 70.3 Å². The van der Waals surface area contributed by atoms with Gasteiger partial charge in [0.05, 0.1) is 0 Å². The van der Waals surface area contributed by atoms with Gasteiger partial charge in [-0.3, -0.25) is 24.0 Å². The van der Waals surface area contributed by atoms with Crippen LogP contribution in [0.15, 0.2) is 0 Å². The van der Waals surface area contributed by atoms with Crippen LogP contribution in [0.2, 0.25) is 0 Å². The molecule has 36 heavy (non-hydrogen) atoms. The smallest absolute Gasteiger partial charge is 0.550 e. The van der Waals surface area contributed by atoms with Crippen LogP contribution in [0.5, 0.6) is 0 Å². The Labute approximate surface area is 221 Å². The fourth-order valence-electron chi connectivity index (χ4n) is 1.02. The van der Waals surface area contributed by atoms with E-state index in [1.54, 1.807) is 0 Å². The zero-order valence-electron chi connectivity index (χ0n) is 20.1. The van der Waals surface area contributed by atoms with E-state index < -0.39 is 62.0 Å². The van der Waals surface area contributed by atoms with Crippen LogP contribution in [-0.4, -0.2) is 58.8 Å². The van der Waals surface area contributed by atoms with Gasteiger partial charge in [-0.15, -0.1) is 0 Å². The molecular formula is C20H25O15Ta. The first-order valence-electron chi connectivity index (χ1n) is 9.10. The fraction of sp³-hybridized carbons (Fsp3) is 0.500. The number of aliphatic carboxylic acids is 5. The molecule has 15 nitrogen and oxygen atoms in total. The molecule has 16 heteroatoms. The van der Waals surface area contributed by atoms with Crippen LogP contribution < -0.4 is 25.5 Å². The average Bonchev–Trinajstić information content (AvgIpc) is 2.49. The van der Waals surface area contributed by atoms with E-state index in [2.05, 4.69) is 0 Å². The summed E-state index contributed by atoms with van der Waals surface area (Å²) >= 11 is 0. The van der Waals surface area contributed by atoms with Gasteiger partial charge in [0.25, 0.3) is 0 Å². The second-order valence-corrected chi connectivity index (χ2v) is 6.25. The first-order valence-corrected chi connectivity index (χ1v) is 9.10. The Morgan fingerprint density at radius 1 is 0.333 bits per heavy atom. The first-order chi connectivity index (χ1) is 15.6. The molecule has 0 aromatic rings. The Hall–Kier alpha value is -3.56. The van der Waals surface area contributed by atoms with Gasteiger partial charge in [0.2, 0.25) is 0 Å². The minimum atomic E-state index is -1.31. The summed E-state index contributed by atoms with van der Waals surface area (Å²) in [5.74, 6) is -8.44. The summed E-state index contributed by atoms with van der Waals surface area (Å²) in [5, 5.41) is 47.4. The van der Waals surface area contributed by atoms with Crippen LogP contribution in [0, 0.1) is 0 Å². The average molecular weight is 686 g/mol. The molecule has 0 saturated heterocycles.